The molecule has 2 unspecified atom stereocenters. The van der Waals surface area contributed by atoms with Gasteiger partial charge < -0.3 is 14.0 Å². The van der Waals surface area contributed by atoms with Crippen molar-refractivity contribution in [2.24, 2.45) is 10.8 Å². The molecule has 0 aliphatic carbocycles. The van der Waals surface area contributed by atoms with Gasteiger partial charge in [0.1, 0.15) is 0 Å². The quantitative estimate of drug-likeness (QED) is 0.542. The molecule has 1 N–H and O–H groups in total. The van der Waals surface area contributed by atoms with Gasteiger partial charge in [-0.05, 0) is 60.1 Å². The van der Waals surface area contributed by atoms with E-state index in [0.717, 1.165) is 5.56 Å². The lowest BCUT2D eigenvalue weighted by molar-refractivity contribution is 0.0655. The Morgan fingerprint density at radius 3 is 1.63 bits per heavy atom. The highest BCUT2D eigenvalue weighted by atomic mass is 28.3. The number of rotatable bonds is 8. The molecule has 5 heteroatoms. The summed E-state index contributed by atoms with van der Waals surface area (Å²) < 4.78 is 13.0. The van der Waals surface area contributed by atoms with Gasteiger partial charge in [0.25, 0.3) is 0 Å². The van der Waals surface area contributed by atoms with Crippen molar-refractivity contribution in [2.75, 3.05) is 6.61 Å². The zero-order valence-corrected chi connectivity index (χ0v) is 21.1. The molecule has 0 heterocycles. The van der Waals surface area contributed by atoms with Crippen LogP contribution >= 0.6 is 0 Å². The summed E-state index contributed by atoms with van der Waals surface area (Å²) >= 11 is 0. The largest absolute Gasteiger partial charge is 0.410 e. The van der Waals surface area contributed by atoms with Gasteiger partial charge in [-0.25, -0.2) is 0 Å². The first-order chi connectivity index (χ1) is 12.3. The predicted octanol–water partition coefficient (Wildman–Crippen LogP) is 5.93. The Kier molecular flexibility index (Phi) is 8.95. The molecule has 2 radical (unpaired) electrons. The third-order valence-corrected chi connectivity index (χ3v) is 5.81. The first kappa shape index (κ1) is 24.6. The summed E-state index contributed by atoms with van der Waals surface area (Å²) in [5, 5.41) is 9.43. The first-order valence-electron chi connectivity index (χ1n) is 9.94. The Morgan fingerprint density at radius 1 is 0.815 bits per heavy atom. The molecule has 1 aromatic carbocycles. The lowest BCUT2D eigenvalue weighted by Gasteiger charge is -2.39. The summed E-state index contributed by atoms with van der Waals surface area (Å²) in [4.78, 5) is 0. The Hall–Kier alpha value is -0.466. The van der Waals surface area contributed by atoms with E-state index in [1.54, 1.807) is 0 Å². The van der Waals surface area contributed by atoms with Crippen LogP contribution in [0.3, 0.4) is 0 Å². The fraction of sp³-hybridized carbons (Fsp3) is 0.727. The third kappa shape index (κ3) is 7.46. The minimum Gasteiger partial charge on any atom is -0.410 e. The molecule has 0 saturated heterocycles. The lowest BCUT2D eigenvalue weighted by atomic mass is 9.77. The number of hydrogen-bond donors (Lipinski definition) is 1. The van der Waals surface area contributed by atoms with Crippen molar-refractivity contribution in [1.82, 2.24) is 0 Å². The normalized spacial score (nSPS) is 15.4. The molecule has 1 aromatic rings. The summed E-state index contributed by atoms with van der Waals surface area (Å²) in [5.41, 5.74) is 3.58. The van der Waals surface area contributed by atoms with Gasteiger partial charge >= 0.3 is 0 Å². The molecule has 0 aromatic heterocycles. The van der Waals surface area contributed by atoms with E-state index in [0.29, 0.717) is 6.42 Å². The molecule has 0 bridgehead atoms. The predicted molar refractivity (Wildman–Crippen MR) is 119 cm³/mol. The van der Waals surface area contributed by atoms with Crippen LogP contribution in [0, 0.1) is 10.8 Å². The fourth-order valence-electron chi connectivity index (χ4n) is 3.26. The van der Waals surface area contributed by atoms with Gasteiger partial charge in [0.15, 0.2) is 0 Å². The third-order valence-electron chi connectivity index (χ3n) is 4.40. The topological polar surface area (TPSA) is 38.7 Å². The van der Waals surface area contributed by atoms with Crippen LogP contribution in [0.4, 0.5) is 0 Å². The Morgan fingerprint density at radius 2 is 1.26 bits per heavy atom. The van der Waals surface area contributed by atoms with Gasteiger partial charge in [0, 0.05) is 6.61 Å². The SMILES string of the molecule is C[Si](C)OC(c1ccc(CCO)cc1C(O[Si](C)C)C(C)(C)C)C(C)(C)C. The zero-order chi connectivity index (χ0) is 21.0. The van der Waals surface area contributed by atoms with Gasteiger partial charge in [-0.15, -0.1) is 0 Å². The highest BCUT2D eigenvalue weighted by Crippen LogP contribution is 2.45. The van der Waals surface area contributed by atoms with Crippen molar-refractivity contribution < 1.29 is 14.0 Å². The van der Waals surface area contributed by atoms with Crippen molar-refractivity contribution in [3.63, 3.8) is 0 Å². The van der Waals surface area contributed by atoms with Crippen LogP contribution in [0.25, 0.3) is 0 Å². The maximum atomic E-state index is 9.43. The van der Waals surface area contributed by atoms with E-state index in [-0.39, 0.29) is 29.6 Å². The molecular formula is C22H40O3Si2. The monoisotopic (exact) mass is 408 g/mol. The van der Waals surface area contributed by atoms with Crippen LogP contribution < -0.4 is 0 Å². The summed E-state index contributed by atoms with van der Waals surface area (Å²) in [6.07, 6.45) is 0.697. The van der Waals surface area contributed by atoms with Crippen LogP contribution in [-0.2, 0) is 15.3 Å². The standard InChI is InChI=1S/C22H40O3Si2/c1-21(2,3)19(24-26(7)8)17-12-11-16(13-14-23)15-18(17)20(22(4,5)6)25-27(9)10/h11-12,15,19-20,23H,13-14H2,1-10H3. The van der Waals surface area contributed by atoms with Crippen molar-refractivity contribution in [3.8, 4) is 0 Å². The average Bonchev–Trinajstić information content (AvgIpc) is 2.48. The molecule has 0 saturated carbocycles. The van der Waals surface area contributed by atoms with E-state index >= 15 is 0 Å². The van der Waals surface area contributed by atoms with Crippen LogP contribution in [0.1, 0.15) is 70.4 Å². The zero-order valence-electron chi connectivity index (χ0n) is 19.1. The molecule has 0 aliphatic heterocycles. The van der Waals surface area contributed by atoms with E-state index in [2.05, 4.69) is 85.9 Å². The van der Waals surface area contributed by atoms with Crippen LogP contribution in [0.15, 0.2) is 18.2 Å². The van der Waals surface area contributed by atoms with E-state index in [1.807, 2.05) is 0 Å². The van der Waals surface area contributed by atoms with Gasteiger partial charge in [-0.3, -0.25) is 0 Å². The van der Waals surface area contributed by atoms with Crippen molar-refractivity contribution >= 4 is 18.1 Å². The number of benzene rings is 1. The fourth-order valence-corrected chi connectivity index (χ4v) is 5.16. The second-order valence-corrected chi connectivity index (χ2v) is 14.1. The highest BCUT2D eigenvalue weighted by Gasteiger charge is 2.36. The Balaban J connectivity index is 3.62. The smallest absolute Gasteiger partial charge is 0.205 e. The summed E-state index contributed by atoms with van der Waals surface area (Å²) in [7, 11) is -1.73. The summed E-state index contributed by atoms with van der Waals surface area (Å²) in [6, 6.07) is 6.59. The highest BCUT2D eigenvalue weighted by molar-refractivity contribution is 6.48. The minimum absolute atomic E-state index is 0.00728. The minimum atomic E-state index is -0.871. The summed E-state index contributed by atoms with van der Waals surface area (Å²) in [6.45, 7) is 22.4. The molecule has 0 amide bonds. The van der Waals surface area contributed by atoms with E-state index in [4.69, 9.17) is 8.85 Å². The lowest BCUT2D eigenvalue weighted by Crippen LogP contribution is -2.31. The van der Waals surface area contributed by atoms with Crippen LogP contribution in [0.5, 0.6) is 0 Å². The molecule has 27 heavy (non-hydrogen) atoms. The Bertz CT molecular complexity index is 586. The van der Waals surface area contributed by atoms with Gasteiger partial charge in [0.05, 0.1) is 12.2 Å². The maximum absolute atomic E-state index is 9.43. The van der Waals surface area contributed by atoms with E-state index in [1.165, 1.54) is 11.1 Å². The van der Waals surface area contributed by atoms with Gasteiger partial charge in [-0.2, -0.15) is 0 Å². The van der Waals surface area contributed by atoms with Crippen molar-refractivity contribution in [3.05, 3.63) is 34.9 Å². The maximum Gasteiger partial charge on any atom is 0.205 e. The second-order valence-electron chi connectivity index (χ2n) is 9.98. The van der Waals surface area contributed by atoms with Crippen LogP contribution in [0.2, 0.25) is 26.2 Å². The average molecular weight is 409 g/mol. The molecular weight excluding hydrogens is 368 g/mol. The molecule has 0 fully saturated rings. The van der Waals surface area contributed by atoms with Gasteiger partial charge in [-0.1, -0.05) is 59.7 Å². The first-order valence-corrected chi connectivity index (χ1v) is 14.8. The van der Waals surface area contributed by atoms with Crippen molar-refractivity contribution in [1.29, 1.82) is 0 Å². The Labute approximate surface area is 170 Å². The molecule has 3 nitrogen and oxygen atoms in total. The number of aliphatic hydroxyl groups excluding tert-OH is 1. The molecule has 0 spiro atoms. The van der Waals surface area contributed by atoms with Gasteiger partial charge in [0.2, 0.25) is 18.1 Å². The number of aliphatic hydroxyl groups is 1. The second kappa shape index (κ2) is 9.83. The molecule has 2 atom stereocenters. The summed E-state index contributed by atoms with van der Waals surface area (Å²) in [5.74, 6) is 0. The molecule has 1 rings (SSSR count). The van der Waals surface area contributed by atoms with Crippen LogP contribution in [-0.4, -0.2) is 29.8 Å². The number of hydrogen-bond acceptors (Lipinski definition) is 3. The van der Waals surface area contributed by atoms with E-state index < -0.39 is 18.1 Å². The molecule has 0 aliphatic rings. The molecule has 154 valence electrons. The van der Waals surface area contributed by atoms with E-state index in [9.17, 15) is 5.11 Å². The van der Waals surface area contributed by atoms with Crippen molar-refractivity contribution in [2.45, 2.75) is 86.4 Å².